The highest BCUT2D eigenvalue weighted by Gasteiger charge is 2.22. The van der Waals surface area contributed by atoms with Crippen LogP contribution in [0.4, 0.5) is 0 Å². The third-order valence-electron chi connectivity index (χ3n) is 2.63. The van der Waals surface area contributed by atoms with E-state index in [2.05, 4.69) is 0 Å². The quantitative estimate of drug-likeness (QED) is 0.694. The van der Waals surface area contributed by atoms with E-state index in [1.54, 1.807) is 6.20 Å². The van der Waals surface area contributed by atoms with Gasteiger partial charge in [0.2, 0.25) is 11.8 Å². The summed E-state index contributed by atoms with van der Waals surface area (Å²) >= 11 is 1.47. The number of hydrogen-bond acceptors (Lipinski definition) is 3. The highest BCUT2D eigenvalue weighted by atomic mass is 32.2. The lowest BCUT2D eigenvalue weighted by molar-refractivity contribution is -0.136. The van der Waals surface area contributed by atoms with Crippen molar-refractivity contribution in [3.05, 3.63) is 11.6 Å². The molecule has 0 unspecified atom stereocenters. The molecule has 2 aliphatic rings. The molecule has 4 nitrogen and oxygen atoms in total. The van der Waals surface area contributed by atoms with Gasteiger partial charge in [-0.05, 0) is 18.2 Å². The molecule has 0 bridgehead atoms. The molecular formula is C10H14N2O2S. The van der Waals surface area contributed by atoms with Gasteiger partial charge in [-0.25, -0.2) is 0 Å². The van der Waals surface area contributed by atoms with Crippen LogP contribution in [0.25, 0.3) is 0 Å². The number of likely N-dealkylation sites (tertiary alicyclic amines) is 1. The summed E-state index contributed by atoms with van der Waals surface area (Å²) in [6.07, 6.45) is 3.88. The second kappa shape index (κ2) is 4.70. The number of nitrogens with zero attached hydrogens (tertiary/aromatic N) is 2. The molecule has 0 aromatic carbocycles. The molecule has 0 atom stereocenters. The van der Waals surface area contributed by atoms with Crippen molar-refractivity contribution in [2.45, 2.75) is 12.8 Å². The second-order valence-electron chi connectivity index (χ2n) is 3.71. The first-order chi connectivity index (χ1) is 7.27. The summed E-state index contributed by atoms with van der Waals surface area (Å²) in [6, 6.07) is 0. The van der Waals surface area contributed by atoms with Gasteiger partial charge in [0.05, 0.1) is 5.75 Å². The van der Waals surface area contributed by atoms with Gasteiger partial charge >= 0.3 is 0 Å². The molecule has 2 amide bonds. The van der Waals surface area contributed by atoms with E-state index in [9.17, 15) is 9.59 Å². The van der Waals surface area contributed by atoms with Gasteiger partial charge in [-0.1, -0.05) is 0 Å². The molecule has 0 saturated carbocycles. The molecular weight excluding hydrogens is 212 g/mol. The number of thioether (sulfide) groups is 1. The minimum atomic E-state index is 0.0232. The summed E-state index contributed by atoms with van der Waals surface area (Å²) in [5, 5.41) is 1.86. The Kier molecular flexibility index (Phi) is 3.30. The van der Waals surface area contributed by atoms with Crippen molar-refractivity contribution in [1.29, 1.82) is 0 Å². The number of amides is 2. The summed E-state index contributed by atoms with van der Waals surface area (Å²) in [7, 11) is 0. The van der Waals surface area contributed by atoms with Crippen molar-refractivity contribution < 1.29 is 9.59 Å². The van der Waals surface area contributed by atoms with Crippen LogP contribution in [-0.2, 0) is 9.59 Å². The average molecular weight is 226 g/mol. The van der Waals surface area contributed by atoms with Gasteiger partial charge < -0.3 is 9.80 Å². The van der Waals surface area contributed by atoms with Crippen LogP contribution in [0.3, 0.4) is 0 Å². The highest BCUT2D eigenvalue weighted by Crippen LogP contribution is 2.13. The van der Waals surface area contributed by atoms with Crippen molar-refractivity contribution in [3.8, 4) is 0 Å². The molecule has 2 rings (SSSR count). The van der Waals surface area contributed by atoms with Crippen molar-refractivity contribution in [3.63, 3.8) is 0 Å². The van der Waals surface area contributed by atoms with Gasteiger partial charge in [-0.3, -0.25) is 9.59 Å². The van der Waals surface area contributed by atoms with Crippen LogP contribution < -0.4 is 0 Å². The van der Waals surface area contributed by atoms with Gasteiger partial charge in [0.25, 0.3) is 0 Å². The van der Waals surface area contributed by atoms with E-state index in [1.807, 2.05) is 10.3 Å². The fraction of sp³-hybridized carbons (Fsp3) is 0.600. The maximum Gasteiger partial charge on any atom is 0.242 e. The standard InChI is InChI=1S/C10H14N2O2S/c13-9(11-3-1-2-4-11)7-12-5-6-15-8-10(12)14/h5-6H,1-4,7-8H2. The first-order valence-electron chi connectivity index (χ1n) is 5.13. The van der Waals surface area contributed by atoms with E-state index in [0.717, 1.165) is 25.9 Å². The van der Waals surface area contributed by atoms with Crippen molar-refractivity contribution >= 4 is 23.6 Å². The fourth-order valence-corrected chi connectivity index (χ4v) is 2.39. The average Bonchev–Trinajstić information content (AvgIpc) is 2.74. The smallest absolute Gasteiger partial charge is 0.242 e. The maximum absolute atomic E-state index is 11.8. The zero-order chi connectivity index (χ0) is 10.7. The van der Waals surface area contributed by atoms with E-state index >= 15 is 0 Å². The van der Waals surface area contributed by atoms with Gasteiger partial charge in [-0.2, -0.15) is 0 Å². The number of carbonyl (C=O) groups excluding carboxylic acids is 2. The maximum atomic E-state index is 11.8. The van der Waals surface area contributed by atoms with Crippen LogP contribution in [0.15, 0.2) is 11.6 Å². The number of carbonyl (C=O) groups is 2. The van der Waals surface area contributed by atoms with Crippen LogP contribution in [0.2, 0.25) is 0 Å². The minimum Gasteiger partial charge on any atom is -0.341 e. The van der Waals surface area contributed by atoms with Crippen molar-refractivity contribution in [2.24, 2.45) is 0 Å². The van der Waals surface area contributed by atoms with E-state index in [1.165, 1.54) is 16.7 Å². The first kappa shape index (κ1) is 10.5. The van der Waals surface area contributed by atoms with Crippen LogP contribution in [0.1, 0.15) is 12.8 Å². The molecule has 0 radical (unpaired) electrons. The van der Waals surface area contributed by atoms with E-state index in [-0.39, 0.29) is 18.4 Å². The van der Waals surface area contributed by atoms with E-state index in [4.69, 9.17) is 0 Å². The number of hydrogen-bond donors (Lipinski definition) is 0. The summed E-state index contributed by atoms with van der Waals surface area (Å²) in [5.74, 6) is 0.538. The topological polar surface area (TPSA) is 40.6 Å². The van der Waals surface area contributed by atoms with Crippen molar-refractivity contribution in [1.82, 2.24) is 9.80 Å². The normalized spacial score (nSPS) is 21.2. The van der Waals surface area contributed by atoms with Gasteiger partial charge in [0.1, 0.15) is 6.54 Å². The Hall–Kier alpha value is -0.970. The predicted octanol–water partition coefficient (Wildman–Crippen LogP) is 0.655. The van der Waals surface area contributed by atoms with Gasteiger partial charge in [-0.15, -0.1) is 11.8 Å². The lowest BCUT2D eigenvalue weighted by Crippen LogP contribution is -2.40. The summed E-state index contributed by atoms with van der Waals surface area (Å²) in [5.41, 5.74) is 0. The lowest BCUT2D eigenvalue weighted by atomic mass is 10.4. The molecule has 1 saturated heterocycles. The first-order valence-corrected chi connectivity index (χ1v) is 6.18. The third kappa shape index (κ3) is 2.53. The Balaban J connectivity index is 1.89. The molecule has 0 aromatic heterocycles. The van der Waals surface area contributed by atoms with E-state index in [0.29, 0.717) is 5.75 Å². The van der Waals surface area contributed by atoms with Gasteiger partial charge in [0, 0.05) is 19.3 Å². The highest BCUT2D eigenvalue weighted by molar-refractivity contribution is 8.02. The fourth-order valence-electron chi connectivity index (χ4n) is 1.76. The zero-order valence-electron chi connectivity index (χ0n) is 8.52. The molecule has 1 fully saturated rings. The van der Waals surface area contributed by atoms with Crippen LogP contribution in [0.5, 0.6) is 0 Å². The molecule has 0 aromatic rings. The summed E-state index contributed by atoms with van der Waals surface area (Å²) in [4.78, 5) is 26.5. The summed E-state index contributed by atoms with van der Waals surface area (Å²) in [6.45, 7) is 1.90. The Morgan fingerprint density at radius 3 is 2.80 bits per heavy atom. The third-order valence-corrected chi connectivity index (χ3v) is 3.36. The van der Waals surface area contributed by atoms with Gasteiger partial charge in [0.15, 0.2) is 0 Å². The summed E-state index contributed by atoms with van der Waals surface area (Å²) < 4.78 is 0. The van der Waals surface area contributed by atoms with Crippen LogP contribution in [-0.4, -0.2) is 47.0 Å². The largest absolute Gasteiger partial charge is 0.341 e. The second-order valence-corrected chi connectivity index (χ2v) is 4.60. The Bertz CT molecular complexity index is 298. The van der Waals surface area contributed by atoms with E-state index < -0.39 is 0 Å². The Morgan fingerprint density at radius 1 is 1.40 bits per heavy atom. The molecule has 2 heterocycles. The Labute approximate surface area is 93.3 Å². The molecule has 2 aliphatic heterocycles. The molecule has 0 N–H and O–H groups in total. The molecule has 5 heteroatoms. The SMILES string of the molecule is O=C1CSC=CN1CC(=O)N1CCCC1. The van der Waals surface area contributed by atoms with Crippen LogP contribution in [0, 0.1) is 0 Å². The monoisotopic (exact) mass is 226 g/mol. The predicted molar refractivity (Wildman–Crippen MR) is 59.1 cm³/mol. The Morgan fingerprint density at radius 2 is 2.13 bits per heavy atom. The lowest BCUT2D eigenvalue weighted by Gasteiger charge is -2.23. The molecule has 82 valence electrons. The van der Waals surface area contributed by atoms with Crippen molar-refractivity contribution in [2.75, 3.05) is 25.4 Å². The molecule has 0 aliphatic carbocycles. The molecule has 0 spiro atoms. The minimum absolute atomic E-state index is 0.0232. The number of rotatable bonds is 2. The van der Waals surface area contributed by atoms with Crippen LogP contribution >= 0.6 is 11.8 Å². The molecule has 15 heavy (non-hydrogen) atoms. The zero-order valence-corrected chi connectivity index (χ0v) is 9.33.